The summed E-state index contributed by atoms with van der Waals surface area (Å²) in [5, 5.41) is 0. The maximum absolute atomic E-state index is 13.2. The van der Waals surface area contributed by atoms with Gasteiger partial charge in [0.2, 0.25) is 0 Å². The molecule has 20 heavy (non-hydrogen) atoms. The summed E-state index contributed by atoms with van der Waals surface area (Å²) < 4.78 is 39.6. The molecule has 112 valence electrons. The highest BCUT2D eigenvalue weighted by molar-refractivity contribution is 5.53. The van der Waals surface area contributed by atoms with Gasteiger partial charge in [-0.3, -0.25) is 0 Å². The Balaban J connectivity index is 2.37. The van der Waals surface area contributed by atoms with Crippen molar-refractivity contribution in [3.63, 3.8) is 0 Å². The van der Waals surface area contributed by atoms with Crippen LogP contribution in [0.2, 0.25) is 0 Å². The van der Waals surface area contributed by atoms with E-state index in [4.69, 9.17) is 5.73 Å². The van der Waals surface area contributed by atoms with Crippen LogP contribution in [0.25, 0.3) is 0 Å². The van der Waals surface area contributed by atoms with E-state index in [0.29, 0.717) is 11.7 Å². The summed E-state index contributed by atoms with van der Waals surface area (Å²) in [4.78, 5) is 2.05. The maximum Gasteiger partial charge on any atom is 0.416 e. The van der Waals surface area contributed by atoms with Crippen molar-refractivity contribution >= 4 is 5.69 Å². The quantitative estimate of drug-likeness (QED) is 0.896. The zero-order valence-corrected chi connectivity index (χ0v) is 11.9. The van der Waals surface area contributed by atoms with Crippen LogP contribution in [-0.2, 0) is 12.6 Å². The molecule has 1 aliphatic carbocycles. The Morgan fingerprint density at radius 3 is 2.45 bits per heavy atom. The number of alkyl halides is 3. The molecule has 2 nitrogen and oxygen atoms in total. The Morgan fingerprint density at radius 1 is 1.35 bits per heavy atom. The number of rotatable bonds is 5. The first-order valence-electron chi connectivity index (χ1n) is 7.05. The van der Waals surface area contributed by atoms with E-state index >= 15 is 0 Å². The van der Waals surface area contributed by atoms with Crippen LogP contribution in [0.4, 0.5) is 18.9 Å². The third-order valence-electron chi connectivity index (χ3n) is 3.60. The Morgan fingerprint density at radius 2 is 2.00 bits per heavy atom. The number of halogens is 3. The molecule has 5 heteroatoms. The van der Waals surface area contributed by atoms with Gasteiger partial charge in [-0.15, -0.1) is 0 Å². The number of hydrogen-bond acceptors (Lipinski definition) is 2. The molecule has 1 fully saturated rings. The third kappa shape index (κ3) is 3.45. The number of nitrogens with zero attached hydrogens (tertiary/aromatic N) is 1. The van der Waals surface area contributed by atoms with Gasteiger partial charge in [0, 0.05) is 24.3 Å². The van der Waals surface area contributed by atoms with E-state index in [-0.39, 0.29) is 18.0 Å². The van der Waals surface area contributed by atoms with Crippen LogP contribution in [-0.4, -0.2) is 18.6 Å². The normalized spacial score (nSPS) is 17.1. The van der Waals surface area contributed by atoms with Gasteiger partial charge in [0.15, 0.2) is 0 Å². The molecule has 1 unspecified atom stereocenters. The molecule has 1 aliphatic rings. The van der Waals surface area contributed by atoms with Gasteiger partial charge in [0.25, 0.3) is 0 Å². The average Bonchev–Trinajstić information content (AvgIpc) is 3.14. The van der Waals surface area contributed by atoms with Crippen LogP contribution in [0, 0.1) is 0 Å². The van der Waals surface area contributed by atoms with Gasteiger partial charge in [-0.1, -0.05) is 6.07 Å². The lowest BCUT2D eigenvalue weighted by molar-refractivity contribution is -0.138. The van der Waals surface area contributed by atoms with Crippen LogP contribution in [0.5, 0.6) is 0 Å². The topological polar surface area (TPSA) is 29.3 Å². The van der Waals surface area contributed by atoms with Gasteiger partial charge >= 0.3 is 6.18 Å². The van der Waals surface area contributed by atoms with E-state index in [1.54, 1.807) is 19.1 Å². The highest BCUT2D eigenvalue weighted by Crippen LogP contribution is 2.37. The lowest BCUT2D eigenvalue weighted by Crippen LogP contribution is -2.26. The fourth-order valence-electron chi connectivity index (χ4n) is 2.57. The highest BCUT2D eigenvalue weighted by atomic mass is 19.4. The van der Waals surface area contributed by atoms with Crippen molar-refractivity contribution in [1.29, 1.82) is 0 Å². The average molecular weight is 286 g/mol. The van der Waals surface area contributed by atoms with Gasteiger partial charge in [0.05, 0.1) is 5.56 Å². The van der Waals surface area contributed by atoms with Crippen LogP contribution in [0.15, 0.2) is 18.2 Å². The van der Waals surface area contributed by atoms with E-state index in [2.05, 4.69) is 0 Å². The third-order valence-corrected chi connectivity index (χ3v) is 3.60. The largest absolute Gasteiger partial charge is 0.416 e. The summed E-state index contributed by atoms with van der Waals surface area (Å²) in [7, 11) is 0. The van der Waals surface area contributed by atoms with Crippen LogP contribution in [0.3, 0.4) is 0 Å². The predicted molar refractivity (Wildman–Crippen MR) is 74.8 cm³/mol. The van der Waals surface area contributed by atoms with Crippen molar-refractivity contribution in [2.45, 2.75) is 51.4 Å². The zero-order valence-electron chi connectivity index (χ0n) is 11.9. The van der Waals surface area contributed by atoms with Crippen LogP contribution < -0.4 is 10.6 Å². The van der Waals surface area contributed by atoms with E-state index < -0.39 is 11.7 Å². The number of benzene rings is 1. The molecule has 0 aliphatic heterocycles. The van der Waals surface area contributed by atoms with Crippen molar-refractivity contribution in [3.05, 3.63) is 29.3 Å². The highest BCUT2D eigenvalue weighted by Gasteiger charge is 2.35. The Hall–Kier alpha value is -1.23. The number of hydrogen-bond donors (Lipinski definition) is 1. The molecule has 2 N–H and O–H groups in total. The summed E-state index contributed by atoms with van der Waals surface area (Å²) in [6.45, 7) is 4.42. The van der Waals surface area contributed by atoms with Gasteiger partial charge in [-0.25, -0.2) is 0 Å². The van der Waals surface area contributed by atoms with Crippen LogP contribution >= 0.6 is 0 Å². The second-order valence-corrected chi connectivity index (χ2v) is 5.54. The standard InChI is InChI=1S/C15H21F3N2/c1-3-20(12-6-7-12)13-5-4-11(8-10(2)19)14(9-13)15(16,17)18/h4-5,9-10,12H,3,6-8,19H2,1-2H3. The van der Waals surface area contributed by atoms with E-state index in [9.17, 15) is 13.2 Å². The SMILES string of the molecule is CCN(c1ccc(CC(C)N)c(C(F)(F)F)c1)C1CC1. The second-order valence-electron chi connectivity index (χ2n) is 5.54. The molecular weight excluding hydrogens is 265 g/mol. The molecule has 0 spiro atoms. The molecule has 1 aromatic rings. The van der Waals surface area contributed by atoms with Gasteiger partial charge < -0.3 is 10.6 Å². The maximum atomic E-state index is 13.2. The smallest absolute Gasteiger partial charge is 0.369 e. The van der Waals surface area contributed by atoms with E-state index in [1.807, 2.05) is 11.8 Å². The summed E-state index contributed by atoms with van der Waals surface area (Å²) >= 11 is 0. The summed E-state index contributed by atoms with van der Waals surface area (Å²) in [5.74, 6) is 0. The Labute approximate surface area is 117 Å². The first-order valence-corrected chi connectivity index (χ1v) is 7.05. The monoisotopic (exact) mass is 286 g/mol. The molecule has 0 bridgehead atoms. The summed E-state index contributed by atoms with van der Waals surface area (Å²) in [6.07, 6.45) is -1.96. The Bertz CT molecular complexity index is 465. The fourth-order valence-corrected chi connectivity index (χ4v) is 2.57. The number of nitrogens with two attached hydrogens (primary N) is 1. The van der Waals surface area contributed by atoms with Crippen molar-refractivity contribution < 1.29 is 13.2 Å². The summed E-state index contributed by atoms with van der Waals surface area (Å²) in [6, 6.07) is 4.76. The molecule has 2 rings (SSSR count). The van der Waals surface area contributed by atoms with Crippen molar-refractivity contribution in [1.82, 2.24) is 0 Å². The molecule has 0 amide bonds. The fraction of sp³-hybridized carbons (Fsp3) is 0.600. The molecule has 1 aromatic carbocycles. The van der Waals surface area contributed by atoms with Gasteiger partial charge in [-0.05, 0) is 50.8 Å². The van der Waals surface area contributed by atoms with E-state index in [1.165, 1.54) is 6.07 Å². The first kappa shape index (κ1) is 15.2. The molecule has 0 saturated heterocycles. The van der Waals surface area contributed by atoms with Gasteiger partial charge in [0.1, 0.15) is 0 Å². The predicted octanol–water partition coefficient (Wildman–Crippen LogP) is 3.58. The first-order chi connectivity index (χ1) is 9.32. The van der Waals surface area contributed by atoms with E-state index in [0.717, 1.165) is 19.4 Å². The lowest BCUT2D eigenvalue weighted by Gasteiger charge is -2.25. The molecule has 0 aromatic heterocycles. The second kappa shape index (κ2) is 5.64. The molecule has 1 atom stereocenters. The summed E-state index contributed by atoms with van der Waals surface area (Å²) in [5.41, 5.74) is 6.03. The minimum Gasteiger partial charge on any atom is -0.369 e. The molecular formula is C15H21F3N2. The minimum atomic E-state index is -4.33. The molecule has 0 radical (unpaired) electrons. The minimum absolute atomic E-state index is 0.241. The Kier molecular flexibility index (Phi) is 4.28. The zero-order chi connectivity index (χ0) is 14.9. The van der Waals surface area contributed by atoms with Gasteiger partial charge in [-0.2, -0.15) is 13.2 Å². The van der Waals surface area contributed by atoms with Crippen molar-refractivity contribution in [3.8, 4) is 0 Å². The molecule has 1 saturated carbocycles. The number of anilines is 1. The lowest BCUT2D eigenvalue weighted by atomic mass is 9.99. The van der Waals surface area contributed by atoms with Crippen molar-refractivity contribution in [2.24, 2.45) is 5.73 Å². The van der Waals surface area contributed by atoms with Crippen LogP contribution in [0.1, 0.15) is 37.8 Å². The van der Waals surface area contributed by atoms with Crippen molar-refractivity contribution in [2.75, 3.05) is 11.4 Å². The molecule has 0 heterocycles.